The molecule has 0 bridgehead atoms. The third-order valence-corrected chi connectivity index (χ3v) is 11.1. The number of halogens is 1. The van der Waals surface area contributed by atoms with Crippen LogP contribution >= 0.6 is 0 Å². The molecule has 1 aliphatic heterocycles. The van der Waals surface area contributed by atoms with Gasteiger partial charge in [-0.2, -0.15) is 0 Å². The molecule has 1 saturated heterocycles. The van der Waals surface area contributed by atoms with E-state index in [1.807, 2.05) is 138 Å². The van der Waals surface area contributed by atoms with E-state index in [-0.39, 0.29) is 19.0 Å². The van der Waals surface area contributed by atoms with Crippen LogP contribution in [-0.2, 0) is 63.1 Å². The fraction of sp³-hybridized carbons (Fsp3) is 0.340. The average Bonchev–Trinajstić information content (AvgIpc) is 4.05. The average molecular weight is 797 g/mol. The van der Waals surface area contributed by atoms with Crippen LogP contribution in [0.1, 0.15) is 57.5 Å². The highest BCUT2D eigenvalue weighted by atomic mass is 19.1. The summed E-state index contributed by atoms with van der Waals surface area (Å²) < 4.78 is 58.0. The van der Waals surface area contributed by atoms with Gasteiger partial charge in [-0.3, -0.25) is 4.68 Å². The van der Waals surface area contributed by atoms with Crippen molar-refractivity contribution in [3.63, 3.8) is 0 Å². The number of hydrogen-bond donors (Lipinski definition) is 0. The molecule has 0 spiro atoms. The van der Waals surface area contributed by atoms with Crippen molar-refractivity contribution in [3.05, 3.63) is 190 Å². The minimum atomic E-state index is -0.974. The van der Waals surface area contributed by atoms with Crippen molar-refractivity contribution in [1.82, 2.24) is 9.78 Å². The Balaban J connectivity index is 1.16. The zero-order valence-electron chi connectivity index (χ0n) is 33.8. The molecule has 8 nitrogen and oxygen atoms in total. The van der Waals surface area contributed by atoms with E-state index in [9.17, 15) is 4.39 Å². The maximum Gasteiger partial charge on any atom is 0.239 e. The van der Waals surface area contributed by atoms with E-state index in [1.165, 1.54) is 12.8 Å². The number of benzene rings is 5. The molecule has 2 aliphatic rings. The van der Waals surface area contributed by atoms with Crippen molar-refractivity contribution in [2.24, 2.45) is 5.92 Å². The molecule has 2 heterocycles. The zero-order valence-corrected chi connectivity index (χ0v) is 33.8. The Morgan fingerprint density at radius 2 is 1.15 bits per heavy atom. The highest BCUT2D eigenvalue weighted by Gasteiger charge is 2.50. The fourth-order valence-electron chi connectivity index (χ4n) is 7.48. The molecule has 0 radical (unpaired) electrons. The lowest BCUT2D eigenvalue weighted by Crippen LogP contribution is -2.62. The minimum Gasteiger partial charge on any atom is -0.443 e. The first-order valence-electron chi connectivity index (χ1n) is 20.7. The van der Waals surface area contributed by atoms with Gasteiger partial charge in [-0.1, -0.05) is 133 Å². The smallest absolute Gasteiger partial charge is 0.239 e. The largest absolute Gasteiger partial charge is 0.443 e. The van der Waals surface area contributed by atoms with Gasteiger partial charge >= 0.3 is 0 Å². The van der Waals surface area contributed by atoms with Crippen LogP contribution in [0.2, 0.25) is 0 Å². The van der Waals surface area contributed by atoms with Crippen molar-refractivity contribution >= 4 is 0 Å². The predicted molar refractivity (Wildman–Crippen MR) is 224 cm³/mol. The van der Waals surface area contributed by atoms with Gasteiger partial charge in [0.05, 0.1) is 33.0 Å². The molecule has 2 fully saturated rings. The fourth-order valence-corrected chi connectivity index (χ4v) is 7.48. The van der Waals surface area contributed by atoms with E-state index in [0.29, 0.717) is 43.6 Å². The third kappa shape index (κ3) is 10.9. The van der Waals surface area contributed by atoms with E-state index < -0.39 is 30.7 Å². The summed E-state index contributed by atoms with van der Waals surface area (Å²) in [5.74, 6) is 0.761. The van der Waals surface area contributed by atoms with Crippen molar-refractivity contribution in [1.29, 1.82) is 0 Å². The topological polar surface area (TPSA) is 73.2 Å². The van der Waals surface area contributed by atoms with Gasteiger partial charge < -0.3 is 28.4 Å². The predicted octanol–water partition coefficient (Wildman–Crippen LogP) is 9.72. The highest BCUT2D eigenvalue weighted by molar-refractivity contribution is 5.38. The SMILES string of the molecule is Cc1ccc(Cc2c(O[C@@H]3O[C@H](COCc4ccccc4)[C@@H](OCc4ccccc4)[C@H](OCc4ccccc4)[C@H]3OCc3ccccc3)nn(CC3CC3)c2C)cc1F. The van der Waals surface area contributed by atoms with Gasteiger partial charge in [0.2, 0.25) is 12.2 Å². The van der Waals surface area contributed by atoms with Crippen LogP contribution in [0.5, 0.6) is 5.88 Å². The van der Waals surface area contributed by atoms with Gasteiger partial charge in [0.1, 0.15) is 30.2 Å². The van der Waals surface area contributed by atoms with E-state index in [4.69, 9.17) is 33.5 Å². The van der Waals surface area contributed by atoms with Crippen molar-refractivity contribution in [2.45, 2.75) is 96.8 Å². The number of nitrogens with zero attached hydrogens (tertiary/aromatic N) is 2. The number of ether oxygens (including phenoxy) is 6. The molecule has 59 heavy (non-hydrogen) atoms. The van der Waals surface area contributed by atoms with Crippen molar-refractivity contribution in [3.8, 4) is 5.88 Å². The summed E-state index contributed by atoms with van der Waals surface area (Å²) in [7, 11) is 0. The molecule has 306 valence electrons. The molecule has 6 aromatic rings. The van der Waals surface area contributed by atoms with Crippen LogP contribution in [0.25, 0.3) is 0 Å². The minimum absolute atomic E-state index is 0.204. The lowest BCUT2D eigenvalue weighted by atomic mass is 9.97. The van der Waals surface area contributed by atoms with Gasteiger partial charge in [0, 0.05) is 24.2 Å². The molecule has 5 atom stereocenters. The lowest BCUT2D eigenvalue weighted by molar-refractivity contribution is -0.310. The summed E-state index contributed by atoms with van der Waals surface area (Å²) in [5.41, 5.74) is 7.37. The molecule has 1 aromatic heterocycles. The summed E-state index contributed by atoms with van der Waals surface area (Å²) in [5, 5.41) is 5.08. The lowest BCUT2D eigenvalue weighted by Gasteiger charge is -2.45. The quantitative estimate of drug-likeness (QED) is 0.0809. The van der Waals surface area contributed by atoms with E-state index in [2.05, 4.69) is 6.92 Å². The van der Waals surface area contributed by atoms with Crippen LogP contribution in [-0.4, -0.2) is 47.1 Å². The van der Waals surface area contributed by atoms with Gasteiger partial charge in [0.15, 0.2) is 0 Å². The molecule has 0 N–H and O–H groups in total. The molecule has 8 rings (SSSR count). The van der Waals surface area contributed by atoms with Gasteiger partial charge in [-0.25, -0.2) is 4.39 Å². The number of aromatic nitrogens is 2. The van der Waals surface area contributed by atoms with Crippen LogP contribution in [0, 0.1) is 25.6 Å². The standard InChI is InChI=1S/C50H53FN2O6/c1-35-23-24-42(28-44(35)51)27-43-36(2)53(29-37-25-26-37)52-49(43)59-50-48(57-33-41-21-13-6-14-22-41)47(56-32-40-19-11-5-12-20-40)46(55-31-39-17-9-4-10-18-39)45(58-50)34-54-30-38-15-7-3-8-16-38/h3-24,28,37,45-48,50H,25-27,29-34H2,1-2H3/t45-,46-,47+,48-,50+/m1/s1. The van der Waals surface area contributed by atoms with Crippen LogP contribution in [0.15, 0.2) is 140 Å². The Morgan fingerprint density at radius 1 is 0.627 bits per heavy atom. The van der Waals surface area contributed by atoms with Gasteiger partial charge in [-0.15, -0.1) is 5.10 Å². The Morgan fingerprint density at radius 3 is 1.69 bits per heavy atom. The number of aryl methyl sites for hydroxylation is 1. The summed E-state index contributed by atoms with van der Waals surface area (Å²) in [6.45, 7) is 6.14. The van der Waals surface area contributed by atoms with Crippen LogP contribution in [0.4, 0.5) is 4.39 Å². The summed E-state index contributed by atoms with van der Waals surface area (Å²) in [6, 6.07) is 45.7. The van der Waals surface area contributed by atoms with Gasteiger partial charge in [-0.05, 0) is 72.1 Å². The van der Waals surface area contributed by atoms with E-state index in [0.717, 1.165) is 45.6 Å². The second-order valence-corrected chi connectivity index (χ2v) is 15.7. The molecule has 9 heteroatoms. The first kappa shape index (κ1) is 40.6. The maximum atomic E-state index is 14.9. The number of rotatable bonds is 19. The first-order chi connectivity index (χ1) is 29.0. The summed E-state index contributed by atoms with van der Waals surface area (Å²) >= 11 is 0. The molecular weight excluding hydrogens is 744 g/mol. The maximum absolute atomic E-state index is 14.9. The first-order valence-corrected chi connectivity index (χ1v) is 20.7. The van der Waals surface area contributed by atoms with Crippen LogP contribution < -0.4 is 4.74 Å². The molecule has 0 unspecified atom stereocenters. The second kappa shape index (κ2) is 19.7. The Bertz CT molecular complexity index is 2200. The summed E-state index contributed by atoms with van der Waals surface area (Å²) in [6.07, 6.45) is -0.840. The third-order valence-electron chi connectivity index (χ3n) is 11.1. The van der Waals surface area contributed by atoms with Crippen molar-refractivity contribution in [2.75, 3.05) is 6.61 Å². The second-order valence-electron chi connectivity index (χ2n) is 15.7. The molecule has 1 aliphatic carbocycles. The Labute approximate surface area is 346 Å². The van der Waals surface area contributed by atoms with Gasteiger partial charge in [0.25, 0.3) is 0 Å². The molecule has 0 amide bonds. The van der Waals surface area contributed by atoms with Crippen LogP contribution in [0.3, 0.4) is 0 Å². The zero-order chi connectivity index (χ0) is 40.4. The Hall–Kier alpha value is -5.16. The molecule has 5 aromatic carbocycles. The number of hydrogen-bond acceptors (Lipinski definition) is 7. The summed E-state index contributed by atoms with van der Waals surface area (Å²) in [4.78, 5) is 0. The highest BCUT2D eigenvalue weighted by Crippen LogP contribution is 2.36. The van der Waals surface area contributed by atoms with E-state index in [1.54, 1.807) is 13.0 Å². The van der Waals surface area contributed by atoms with E-state index >= 15 is 0 Å². The monoisotopic (exact) mass is 796 g/mol. The Kier molecular flexibility index (Phi) is 13.6. The van der Waals surface area contributed by atoms with Crippen molar-refractivity contribution < 1.29 is 32.8 Å². The normalized spacial score (nSPS) is 20.4. The molecule has 1 saturated carbocycles. The molecular formula is C50H53FN2O6.